The fraction of sp³-hybridized carbons (Fsp3) is 0.0476. The van der Waals surface area contributed by atoms with Crippen molar-refractivity contribution in [3.63, 3.8) is 0 Å². The van der Waals surface area contributed by atoms with E-state index in [0.29, 0.717) is 5.92 Å². The predicted molar refractivity (Wildman–Crippen MR) is 97.1 cm³/mol. The first-order valence-electron chi connectivity index (χ1n) is 7.79. The second-order valence-corrected chi connectivity index (χ2v) is 5.45. The number of amides is 1. The molecule has 1 N–H and O–H groups in total. The fourth-order valence-electron chi connectivity index (χ4n) is 2.35. The number of hydrogen-bond donors (Lipinski definition) is 1. The Hall–Kier alpha value is -1.38. The van der Waals surface area contributed by atoms with Gasteiger partial charge in [0.25, 0.3) is 0 Å². The number of fused-ring (bicyclic) bond motifs is 1. The second kappa shape index (κ2) is 9.94. The van der Waals surface area contributed by atoms with E-state index in [9.17, 15) is 4.79 Å². The van der Waals surface area contributed by atoms with Crippen molar-refractivity contribution in [3.05, 3.63) is 99.7 Å². The van der Waals surface area contributed by atoms with Crippen LogP contribution in [0.3, 0.4) is 0 Å². The minimum Gasteiger partial charge on any atom is -0.326 e. The van der Waals surface area contributed by atoms with Crippen LogP contribution in [-0.2, 0) is 21.9 Å². The van der Waals surface area contributed by atoms with E-state index >= 15 is 0 Å². The molecule has 1 heterocycles. The van der Waals surface area contributed by atoms with E-state index in [1.54, 1.807) is 12.8 Å². The number of rotatable bonds is 2. The number of carbonyl (C=O) groups is 1. The normalized spacial score (nSPS) is 16.8. The van der Waals surface area contributed by atoms with Gasteiger partial charge in [0.1, 0.15) is 0 Å². The molecular weight excluding hydrogens is 352 g/mol. The van der Waals surface area contributed by atoms with Crippen LogP contribution in [0.4, 0.5) is 5.69 Å². The summed E-state index contributed by atoms with van der Waals surface area (Å²) in [5.41, 5.74) is 2.71. The Kier molecular flexibility index (Phi) is 7.92. The Morgan fingerprint density at radius 2 is 1.52 bits per heavy atom. The second-order valence-electron chi connectivity index (χ2n) is 5.45. The van der Waals surface area contributed by atoms with Gasteiger partial charge in [-0.1, -0.05) is 6.07 Å². The van der Waals surface area contributed by atoms with Crippen LogP contribution in [0.15, 0.2) is 30.3 Å². The van der Waals surface area contributed by atoms with Crippen molar-refractivity contribution in [2.45, 2.75) is 6.92 Å². The molecule has 4 rings (SSSR count). The maximum atomic E-state index is 11.9. The van der Waals surface area contributed by atoms with Gasteiger partial charge in [-0.25, -0.2) is 0 Å². The summed E-state index contributed by atoms with van der Waals surface area (Å²) in [4.78, 5) is 16.4. The van der Waals surface area contributed by atoms with Gasteiger partial charge in [-0.05, 0) is 89.0 Å². The summed E-state index contributed by atoms with van der Waals surface area (Å²) >= 11 is 0. The first-order chi connectivity index (χ1) is 11.7. The summed E-state index contributed by atoms with van der Waals surface area (Å²) in [6, 6.07) is 9.70. The molecule has 2 aliphatic rings. The molecule has 0 atom stereocenters. The average Bonchev–Trinajstić information content (AvgIpc) is 3.31. The molecule has 2 aromatic rings. The van der Waals surface area contributed by atoms with E-state index < -0.39 is 0 Å². The van der Waals surface area contributed by atoms with Crippen molar-refractivity contribution in [2.24, 2.45) is 0 Å². The molecule has 25 heavy (non-hydrogen) atoms. The zero-order chi connectivity index (χ0) is 16.8. The monoisotopic (exact) mass is 370 g/mol. The van der Waals surface area contributed by atoms with Gasteiger partial charge in [-0.2, -0.15) is 0 Å². The Morgan fingerprint density at radius 1 is 0.880 bits per heavy atom. The molecule has 4 heteroatoms. The standard InChI is InChI=1S/C16H13N2O.C5H5.Fe/c1-11-6-7-13-10-14(8-9-15(13)17-11)18-16(19)12-4-2-3-5-12;1-2-4-5-3-1;/h2-10H,1H3,(H,18,19);1-5H;/q;;+2. The maximum Gasteiger partial charge on any atom is 2.00 e. The van der Waals surface area contributed by atoms with Crippen molar-refractivity contribution >= 4 is 22.5 Å². The van der Waals surface area contributed by atoms with Gasteiger partial charge in [0.05, 0.1) is 11.4 Å². The first-order valence-corrected chi connectivity index (χ1v) is 7.79. The van der Waals surface area contributed by atoms with Crippen LogP contribution in [0.25, 0.3) is 10.9 Å². The summed E-state index contributed by atoms with van der Waals surface area (Å²) in [7, 11) is 0. The molecule has 0 unspecified atom stereocenters. The van der Waals surface area contributed by atoms with Gasteiger partial charge >= 0.3 is 17.1 Å². The van der Waals surface area contributed by atoms with Gasteiger partial charge in [-0.3, -0.25) is 9.78 Å². The number of hydrogen-bond acceptors (Lipinski definition) is 2. The molecule has 10 radical (unpaired) electrons. The topological polar surface area (TPSA) is 42.0 Å². The fourth-order valence-corrected chi connectivity index (χ4v) is 2.35. The minimum absolute atomic E-state index is 0. The van der Waals surface area contributed by atoms with E-state index in [-0.39, 0.29) is 23.0 Å². The zero-order valence-electron chi connectivity index (χ0n) is 13.8. The SMILES string of the molecule is Cc1ccc2cc(NC(=O)[C]3[CH][CH][CH][CH]3)ccc2n1.[CH]1[CH][CH][CH][CH]1.[Fe+2]. The molecule has 1 aromatic heterocycles. The van der Waals surface area contributed by atoms with Crippen LogP contribution in [-0.4, -0.2) is 10.9 Å². The van der Waals surface area contributed by atoms with Gasteiger partial charge in [0.15, 0.2) is 0 Å². The Labute approximate surface area is 161 Å². The summed E-state index contributed by atoms with van der Waals surface area (Å²) < 4.78 is 0. The molecule has 0 saturated heterocycles. The molecule has 2 aliphatic carbocycles. The summed E-state index contributed by atoms with van der Waals surface area (Å²) in [5.74, 6) is 0.576. The zero-order valence-corrected chi connectivity index (χ0v) is 14.9. The first kappa shape index (κ1) is 19.9. The van der Waals surface area contributed by atoms with Crippen LogP contribution in [0.5, 0.6) is 0 Å². The molecule has 3 nitrogen and oxygen atoms in total. The third kappa shape index (κ3) is 5.83. The van der Waals surface area contributed by atoms with Crippen molar-refractivity contribution < 1.29 is 21.9 Å². The Bertz CT molecular complexity index is 684. The predicted octanol–water partition coefficient (Wildman–Crippen LogP) is 3.91. The molecule has 0 bridgehead atoms. The van der Waals surface area contributed by atoms with Crippen LogP contribution in [0.1, 0.15) is 5.69 Å². The molecule has 1 aromatic carbocycles. The number of aromatic nitrogens is 1. The molecule has 0 aliphatic heterocycles. The average molecular weight is 370 g/mol. The van der Waals surface area contributed by atoms with Gasteiger partial charge in [0.2, 0.25) is 5.91 Å². The summed E-state index contributed by atoms with van der Waals surface area (Å²) in [6.45, 7) is 1.96. The number of anilines is 1. The number of nitrogens with zero attached hydrogens (tertiary/aromatic N) is 1. The third-order valence-electron chi connectivity index (χ3n) is 3.57. The van der Waals surface area contributed by atoms with Crippen LogP contribution in [0, 0.1) is 70.6 Å². The summed E-state index contributed by atoms with van der Waals surface area (Å²) in [5, 5.41) is 3.90. The van der Waals surface area contributed by atoms with E-state index in [2.05, 4.69) is 10.3 Å². The van der Waals surface area contributed by atoms with E-state index in [0.717, 1.165) is 22.3 Å². The molecule has 2 fully saturated rings. The smallest absolute Gasteiger partial charge is 0.326 e. The molecular formula is C21H18FeN2O+2. The largest absolute Gasteiger partial charge is 2.00 e. The van der Waals surface area contributed by atoms with Gasteiger partial charge in [0, 0.05) is 16.8 Å². The van der Waals surface area contributed by atoms with Gasteiger partial charge < -0.3 is 5.32 Å². The molecule has 1 amide bonds. The van der Waals surface area contributed by atoms with Crippen LogP contribution in [0.2, 0.25) is 0 Å². The summed E-state index contributed by atoms with van der Waals surface area (Å²) in [6.07, 6.45) is 17.3. The van der Waals surface area contributed by atoms with Crippen molar-refractivity contribution in [3.8, 4) is 0 Å². The van der Waals surface area contributed by atoms with E-state index in [4.69, 9.17) is 0 Å². The number of benzene rings is 1. The minimum atomic E-state index is -0.0931. The van der Waals surface area contributed by atoms with E-state index in [1.165, 1.54) is 0 Å². The number of nitrogens with one attached hydrogen (secondary N) is 1. The third-order valence-corrected chi connectivity index (χ3v) is 3.57. The van der Waals surface area contributed by atoms with Crippen molar-refractivity contribution in [1.82, 2.24) is 4.98 Å². The Morgan fingerprint density at radius 3 is 2.16 bits per heavy atom. The van der Waals surface area contributed by atoms with E-state index in [1.807, 2.05) is 82.2 Å². The van der Waals surface area contributed by atoms with Crippen LogP contribution >= 0.6 is 0 Å². The Balaban J connectivity index is 0.000000325. The number of carbonyl (C=O) groups excluding carboxylic acids is 1. The number of aryl methyl sites for hydroxylation is 1. The van der Waals surface area contributed by atoms with Crippen molar-refractivity contribution in [2.75, 3.05) is 5.32 Å². The van der Waals surface area contributed by atoms with Gasteiger partial charge in [-0.15, -0.1) is 0 Å². The van der Waals surface area contributed by atoms with Crippen molar-refractivity contribution in [1.29, 1.82) is 0 Å². The number of pyridine rings is 1. The van der Waals surface area contributed by atoms with Crippen LogP contribution < -0.4 is 5.32 Å². The maximum absolute atomic E-state index is 11.9. The quantitative estimate of drug-likeness (QED) is 0.815. The molecule has 0 spiro atoms. The molecule has 124 valence electrons. The molecule has 2 saturated carbocycles.